The van der Waals surface area contributed by atoms with Crippen molar-refractivity contribution in [3.63, 3.8) is 0 Å². The highest BCUT2D eigenvalue weighted by Gasteiger charge is 2.16. The van der Waals surface area contributed by atoms with Crippen molar-refractivity contribution in [2.24, 2.45) is 0 Å². The van der Waals surface area contributed by atoms with E-state index in [9.17, 15) is 0 Å². The summed E-state index contributed by atoms with van der Waals surface area (Å²) in [5.74, 6) is 0.914. The lowest BCUT2D eigenvalue weighted by Gasteiger charge is -2.15. The summed E-state index contributed by atoms with van der Waals surface area (Å²) in [5, 5.41) is 3.27. The molecular weight excluding hydrogens is 242 g/mol. The maximum absolute atomic E-state index is 5.73. The molecule has 3 rings (SSSR count). The molecule has 2 heterocycles. The molecule has 100 valence electrons. The van der Waals surface area contributed by atoms with E-state index < -0.39 is 0 Å². The van der Waals surface area contributed by atoms with Crippen LogP contribution in [0.2, 0.25) is 0 Å². The van der Waals surface area contributed by atoms with Crippen LogP contribution in [0.15, 0.2) is 47.1 Å². The molecule has 1 aromatic heterocycles. The summed E-state index contributed by atoms with van der Waals surface area (Å²) in [6.45, 7) is 2.53. The van der Waals surface area contributed by atoms with E-state index >= 15 is 0 Å². The predicted molar refractivity (Wildman–Crippen MR) is 70.2 cm³/mol. The fourth-order valence-corrected chi connectivity index (χ4v) is 2.10. The summed E-state index contributed by atoms with van der Waals surface area (Å²) in [5.41, 5.74) is 2.41. The van der Waals surface area contributed by atoms with Gasteiger partial charge in [0.25, 0.3) is 0 Å². The quantitative estimate of drug-likeness (QED) is 0.916. The van der Waals surface area contributed by atoms with Gasteiger partial charge in [-0.2, -0.15) is 0 Å². The van der Waals surface area contributed by atoms with E-state index in [1.807, 2.05) is 24.3 Å². The molecule has 4 nitrogen and oxygen atoms in total. The molecule has 2 aromatic rings. The summed E-state index contributed by atoms with van der Waals surface area (Å²) in [6.07, 6.45) is 1.45. The Kier molecular flexibility index (Phi) is 3.93. The van der Waals surface area contributed by atoms with E-state index in [1.165, 1.54) is 11.1 Å². The van der Waals surface area contributed by atoms with E-state index in [0.29, 0.717) is 26.3 Å². The third-order valence-corrected chi connectivity index (χ3v) is 3.16. The van der Waals surface area contributed by atoms with Crippen molar-refractivity contribution in [3.05, 3.63) is 59.5 Å². The minimum Gasteiger partial charge on any atom is -0.468 e. The summed E-state index contributed by atoms with van der Waals surface area (Å²) in [7, 11) is 0. The highest BCUT2D eigenvalue weighted by atomic mass is 16.7. The standard InChI is InChI=1S/C15H17NO3/c1-2-5-13-11-19-15(18-10-12(13)4-1)9-16-8-14-6-3-7-17-14/h1-7,15-16H,8-11H2. The van der Waals surface area contributed by atoms with Crippen LogP contribution in [0.5, 0.6) is 0 Å². The molecule has 1 aromatic carbocycles. The van der Waals surface area contributed by atoms with E-state index in [4.69, 9.17) is 13.9 Å². The molecule has 0 radical (unpaired) electrons. The van der Waals surface area contributed by atoms with Gasteiger partial charge in [0, 0.05) is 6.54 Å². The molecule has 0 amide bonds. The van der Waals surface area contributed by atoms with Crippen molar-refractivity contribution in [1.82, 2.24) is 5.32 Å². The second kappa shape index (κ2) is 6.02. The zero-order chi connectivity index (χ0) is 12.9. The molecule has 0 saturated carbocycles. The number of benzene rings is 1. The highest BCUT2D eigenvalue weighted by molar-refractivity contribution is 5.26. The number of furan rings is 1. The number of ether oxygens (including phenoxy) is 2. The van der Waals surface area contributed by atoms with Crippen molar-refractivity contribution in [1.29, 1.82) is 0 Å². The molecular formula is C15H17NO3. The maximum atomic E-state index is 5.73. The van der Waals surface area contributed by atoms with Gasteiger partial charge < -0.3 is 19.2 Å². The van der Waals surface area contributed by atoms with Crippen molar-refractivity contribution in [3.8, 4) is 0 Å². The molecule has 4 heteroatoms. The third-order valence-electron chi connectivity index (χ3n) is 3.16. The maximum Gasteiger partial charge on any atom is 0.170 e. The van der Waals surface area contributed by atoms with E-state index in [-0.39, 0.29) is 6.29 Å². The van der Waals surface area contributed by atoms with Gasteiger partial charge in [0.1, 0.15) is 5.76 Å². The average molecular weight is 259 g/mol. The van der Waals surface area contributed by atoms with Gasteiger partial charge in [-0.15, -0.1) is 0 Å². The Balaban J connectivity index is 1.49. The molecule has 0 spiro atoms. The van der Waals surface area contributed by atoms with Crippen LogP contribution in [0.25, 0.3) is 0 Å². The van der Waals surface area contributed by atoms with Crippen molar-refractivity contribution < 1.29 is 13.9 Å². The largest absolute Gasteiger partial charge is 0.468 e. The fourth-order valence-electron chi connectivity index (χ4n) is 2.10. The van der Waals surface area contributed by atoms with Crippen molar-refractivity contribution >= 4 is 0 Å². The molecule has 0 atom stereocenters. The zero-order valence-electron chi connectivity index (χ0n) is 10.7. The molecule has 0 aliphatic carbocycles. The Bertz CT molecular complexity index is 483. The highest BCUT2D eigenvalue weighted by Crippen LogP contribution is 2.17. The van der Waals surface area contributed by atoms with Crippen LogP contribution >= 0.6 is 0 Å². The second-order valence-corrected chi connectivity index (χ2v) is 4.53. The van der Waals surface area contributed by atoms with Crippen LogP contribution < -0.4 is 5.32 Å². The second-order valence-electron chi connectivity index (χ2n) is 4.53. The Hall–Kier alpha value is -1.62. The first-order valence-corrected chi connectivity index (χ1v) is 6.45. The molecule has 0 fully saturated rings. The SMILES string of the molecule is c1coc(CNCC2OCc3ccccc3CO2)c1. The lowest BCUT2D eigenvalue weighted by molar-refractivity contribution is -0.145. The number of hydrogen-bond donors (Lipinski definition) is 1. The molecule has 0 bridgehead atoms. The lowest BCUT2D eigenvalue weighted by atomic mass is 10.1. The fraction of sp³-hybridized carbons (Fsp3) is 0.333. The minimum absolute atomic E-state index is 0.220. The molecule has 0 saturated heterocycles. The van der Waals surface area contributed by atoms with E-state index in [1.54, 1.807) is 6.26 Å². The van der Waals surface area contributed by atoms with Crippen LogP contribution in [0.3, 0.4) is 0 Å². The molecule has 1 aliphatic heterocycles. The minimum atomic E-state index is -0.220. The third kappa shape index (κ3) is 3.23. The van der Waals surface area contributed by atoms with Crippen molar-refractivity contribution in [2.75, 3.05) is 6.54 Å². The van der Waals surface area contributed by atoms with Crippen LogP contribution in [-0.2, 0) is 29.2 Å². The Labute approximate surface area is 112 Å². The number of nitrogens with one attached hydrogen (secondary N) is 1. The Morgan fingerprint density at radius 3 is 2.37 bits per heavy atom. The van der Waals surface area contributed by atoms with Crippen LogP contribution in [0.4, 0.5) is 0 Å². The number of hydrogen-bond acceptors (Lipinski definition) is 4. The first kappa shape index (κ1) is 12.4. The van der Waals surface area contributed by atoms with Gasteiger partial charge in [0.05, 0.1) is 26.0 Å². The van der Waals surface area contributed by atoms with Crippen LogP contribution in [0.1, 0.15) is 16.9 Å². The predicted octanol–water partition coefficient (Wildman–Crippen LogP) is 2.44. The van der Waals surface area contributed by atoms with Crippen LogP contribution in [-0.4, -0.2) is 12.8 Å². The average Bonchev–Trinajstić information content (AvgIpc) is 2.87. The van der Waals surface area contributed by atoms with Crippen LogP contribution in [0, 0.1) is 0 Å². The van der Waals surface area contributed by atoms with Gasteiger partial charge in [-0.3, -0.25) is 0 Å². The normalized spacial score (nSPS) is 16.0. The summed E-state index contributed by atoms with van der Waals surface area (Å²) >= 11 is 0. The first-order chi connectivity index (χ1) is 9.42. The summed E-state index contributed by atoms with van der Waals surface area (Å²) in [4.78, 5) is 0. The van der Waals surface area contributed by atoms with Gasteiger partial charge >= 0.3 is 0 Å². The van der Waals surface area contributed by atoms with Gasteiger partial charge in [-0.25, -0.2) is 0 Å². The number of fused-ring (bicyclic) bond motifs is 1. The summed E-state index contributed by atoms with van der Waals surface area (Å²) in [6, 6.07) is 12.0. The van der Waals surface area contributed by atoms with Gasteiger partial charge in [-0.05, 0) is 23.3 Å². The molecule has 1 aliphatic rings. The topological polar surface area (TPSA) is 43.6 Å². The molecule has 1 N–H and O–H groups in total. The smallest absolute Gasteiger partial charge is 0.170 e. The molecule has 0 unspecified atom stereocenters. The molecule has 19 heavy (non-hydrogen) atoms. The number of rotatable bonds is 4. The van der Waals surface area contributed by atoms with E-state index in [2.05, 4.69) is 17.4 Å². The first-order valence-electron chi connectivity index (χ1n) is 6.45. The van der Waals surface area contributed by atoms with Gasteiger partial charge in [-0.1, -0.05) is 24.3 Å². The van der Waals surface area contributed by atoms with Gasteiger partial charge in [0.2, 0.25) is 0 Å². The van der Waals surface area contributed by atoms with Crippen molar-refractivity contribution in [2.45, 2.75) is 26.0 Å². The Morgan fingerprint density at radius 2 is 1.74 bits per heavy atom. The lowest BCUT2D eigenvalue weighted by Crippen LogP contribution is -2.30. The van der Waals surface area contributed by atoms with Gasteiger partial charge in [0.15, 0.2) is 6.29 Å². The van der Waals surface area contributed by atoms with E-state index in [0.717, 1.165) is 5.76 Å². The zero-order valence-corrected chi connectivity index (χ0v) is 10.7. The summed E-state index contributed by atoms with van der Waals surface area (Å²) < 4.78 is 16.7. The Morgan fingerprint density at radius 1 is 1.00 bits per heavy atom. The monoisotopic (exact) mass is 259 g/mol.